The van der Waals surface area contributed by atoms with Gasteiger partial charge in [-0.25, -0.2) is 0 Å². The van der Waals surface area contributed by atoms with Gasteiger partial charge in [-0.3, -0.25) is 0 Å². The molecule has 0 aromatic carbocycles. The molecule has 0 heterocycles. The predicted octanol–water partition coefficient (Wildman–Crippen LogP) is -3.73. The molecule has 0 amide bonds. The fraction of sp³-hybridized carbons (Fsp3) is 0.857. The zero-order chi connectivity index (χ0) is 8.91. The smallest absolute Gasteiger partial charge is 0.544 e. The Labute approximate surface area is 94.2 Å². The van der Waals surface area contributed by atoms with E-state index in [-0.39, 0.29) is 36.2 Å². The number of rotatable bonds is 5. The van der Waals surface area contributed by atoms with Gasteiger partial charge in [-0.2, -0.15) is 0 Å². The maximum absolute atomic E-state index is 10.1. The van der Waals surface area contributed by atoms with E-state index in [1.807, 2.05) is 6.92 Å². The number of aliphatic hydroxyl groups is 1. The minimum absolute atomic E-state index is 0. The van der Waals surface area contributed by atoms with Crippen molar-refractivity contribution in [2.45, 2.75) is 32.5 Å². The molecule has 0 aromatic heterocycles. The molecule has 0 saturated carbocycles. The number of hydrogen-bond donors (Lipinski definition) is 1. The topological polar surface area (TPSA) is 69.6 Å². The molecular formula is C7H13NaO4. The molecule has 0 saturated heterocycles. The van der Waals surface area contributed by atoms with Crippen molar-refractivity contribution >= 4 is 5.97 Å². The summed E-state index contributed by atoms with van der Waals surface area (Å²) in [5, 5.41) is 19.1. The summed E-state index contributed by atoms with van der Waals surface area (Å²) in [5.74, 6) is -3.75. The van der Waals surface area contributed by atoms with Gasteiger partial charge in [0, 0.05) is 0 Å². The van der Waals surface area contributed by atoms with Crippen LogP contribution in [0.15, 0.2) is 0 Å². The van der Waals surface area contributed by atoms with E-state index >= 15 is 0 Å². The molecule has 0 aliphatic rings. The van der Waals surface area contributed by atoms with Crippen molar-refractivity contribution in [3.05, 3.63) is 0 Å². The van der Waals surface area contributed by atoms with Crippen LogP contribution in [0.25, 0.3) is 0 Å². The first-order chi connectivity index (χ1) is 5.00. The number of aliphatic carboxylic acids is 1. The second-order valence-corrected chi connectivity index (χ2v) is 2.47. The van der Waals surface area contributed by atoms with E-state index < -0.39 is 11.8 Å². The molecule has 0 radical (unpaired) electrons. The average molecular weight is 184 g/mol. The van der Waals surface area contributed by atoms with Gasteiger partial charge in [0.25, 0.3) is 0 Å². The largest absolute Gasteiger partial charge is 1.00 e. The number of carboxylic acids is 1. The number of unbranched alkanes of at least 4 members (excludes halogenated alkanes) is 1. The van der Waals surface area contributed by atoms with Crippen molar-refractivity contribution in [3.63, 3.8) is 0 Å². The van der Waals surface area contributed by atoms with Gasteiger partial charge in [0.2, 0.25) is 5.79 Å². The molecule has 12 heavy (non-hydrogen) atoms. The number of carbonyl (C=O) groups is 1. The normalized spacial score (nSPS) is 14.6. The molecule has 1 N–H and O–H groups in total. The van der Waals surface area contributed by atoms with Crippen LogP contribution in [0, 0.1) is 0 Å². The van der Waals surface area contributed by atoms with Crippen LogP contribution in [-0.4, -0.2) is 23.5 Å². The zero-order valence-electron chi connectivity index (χ0n) is 7.79. The molecule has 0 fully saturated rings. The van der Waals surface area contributed by atoms with Crippen molar-refractivity contribution in [1.82, 2.24) is 0 Å². The van der Waals surface area contributed by atoms with Crippen LogP contribution in [0.3, 0.4) is 0 Å². The second-order valence-electron chi connectivity index (χ2n) is 2.47. The van der Waals surface area contributed by atoms with E-state index in [2.05, 4.69) is 4.74 Å². The van der Waals surface area contributed by atoms with Crippen LogP contribution < -0.4 is 34.7 Å². The van der Waals surface area contributed by atoms with Gasteiger partial charge in [0.05, 0.1) is 6.61 Å². The Bertz CT molecular complexity index is 135. The van der Waals surface area contributed by atoms with Crippen LogP contribution in [0.5, 0.6) is 0 Å². The summed E-state index contributed by atoms with van der Waals surface area (Å²) in [4.78, 5) is 10.1. The number of ether oxygens (including phenoxy) is 1. The van der Waals surface area contributed by atoms with Gasteiger partial charge in [0.1, 0.15) is 5.97 Å². The van der Waals surface area contributed by atoms with Crippen LogP contribution >= 0.6 is 0 Å². The Hall–Kier alpha value is 0.390. The SMILES string of the molecule is CCCCOC(C)(O)C(=O)[O-].[Na+]. The predicted molar refractivity (Wildman–Crippen MR) is 36.5 cm³/mol. The first-order valence-electron chi connectivity index (χ1n) is 3.58. The van der Waals surface area contributed by atoms with Crippen molar-refractivity contribution in [1.29, 1.82) is 0 Å². The fourth-order valence-corrected chi connectivity index (χ4v) is 0.474. The molecule has 0 spiro atoms. The van der Waals surface area contributed by atoms with Gasteiger partial charge in [-0.15, -0.1) is 0 Å². The number of carboxylic acid groups (broad SMARTS) is 1. The fourth-order valence-electron chi connectivity index (χ4n) is 0.474. The maximum Gasteiger partial charge on any atom is 1.00 e. The molecule has 0 aliphatic carbocycles. The Morgan fingerprint density at radius 1 is 1.67 bits per heavy atom. The van der Waals surface area contributed by atoms with Crippen LogP contribution in [0.2, 0.25) is 0 Å². The molecule has 5 heteroatoms. The molecule has 66 valence electrons. The molecule has 1 unspecified atom stereocenters. The third kappa shape index (κ3) is 5.97. The summed E-state index contributed by atoms with van der Waals surface area (Å²) < 4.78 is 4.62. The Balaban J connectivity index is 0. The van der Waals surface area contributed by atoms with Crippen molar-refractivity contribution in [2.24, 2.45) is 0 Å². The van der Waals surface area contributed by atoms with Gasteiger partial charge < -0.3 is 19.7 Å². The Morgan fingerprint density at radius 3 is 2.50 bits per heavy atom. The number of hydrogen-bond acceptors (Lipinski definition) is 4. The van der Waals surface area contributed by atoms with Gasteiger partial charge in [-0.05, 0) is 13.3 Å². The van der Waals surface area contributed by atoms with E-state index in [9.17, 15) is 9.90 Å². The Kier molecular flexibility index (Phi) is 8.51. The van der Waals surface area contributed by atoms with Gasteiger partial charge in [-0.1, -0.05) is 13.3 Å². The molecule has 0 aliphatic heterocycles. The molecule has 0 rings (SSSR count). The van der Waals surface area contributed by atoms with Crippen LogP contribution in [0.1, 0.15) is 26.7 Å². The van der Waals surface area contributed by atoms with Crippen molar-refractivity contribution < 1.29 is 49.3 Å². The third-order valence-electron chi connectivity index (χ3n) is 1.26. The summed E-state index contributed by atoms with van der Waals surface area (Å²) in [6.45, 7) is 3.23. The van der Waals surface area contributed by atoms with E-state index in [0.717, 1.165) is 19.8 Å². The van der Waals surface area contributed by atoms with Crippen LogP contribution in [-0.2, 0) is 9.53 Å². The first kappa shape index (κ1) is 14.9. The summed E-state index contributed by atoms with van der Waals surface area (Å²) in [6.07, 6.45) is 1.62. The summed E-state index contributed by atoms with van der Waals surface area (Å²) >= 11 is 0. The van der Waals surface area contributed by atoms with E-state index in [1.165, 1.54) is 0 Å². The van der Waals surface area contributed by atoms with Gasteiger partial charge in [0.15, 0.2) is 0 Å². The van der Waals surface area contributed by atoms with Crippen molar-refractivity contribution in [2.75, 3.05) is 6.61 Å². The minimum atomic E-state index is -2.14. The molecule has 0 bridgehead atoms. The van der Waals surface area contributed by atoms with Gasteiger partial charge >= 0.3 is 29.6 Å². The standard InChI is InChI=1S/C7H14O4.Na/c1-3-4-5-11-7(2,10)6(8)9;/h10H,3-5H2,1-2H3,(H,8,9);/q;+1/p-1. The first-order valence-corrected chi connectivity index (χ1v) is 3.58. The summed E-state index contributed by atoms with van der Waals surface area (Å²) in [5.41, 5.74) is 0. The minimum Gasteiger partial charge on any atom is -0.544 e. The van der Waals surface area contributed by atoms with Crippen LogP contribution in [0.4, 0.5) is 0 Å². The summed E-state index contributed by atoms with van der Waals surface area (Å²) in [7, 11) is 0. The third-order valence-corrected chi connectivity index (χ3v) is 1.26. The monoisotopic (exact) mass is 184 g/mol. The molecule has 0 aromatic rings. The second kappa shape index (κ2) is 6.86. The molecular weight excluding hydrogens is 171 g/mol. The average Bonchev–Trinajstić information content (AvgIpc) is 1.88. The number of carbonyl (C=O) groups excluding carboxylic acids is 1. The summed E-state index contributed by atoms with van der Waals surface area (Å²) in [6, 6.07) is 0. The zero-order valence-corrected chi connectivity index (χ0v) is 9.79. The van der Waals surface area contributed by atoms with E-state index in [4.69, 9.17) is 5.11 Å². The van der Waals surface area contributed by atoms with E-state index in [1.54, 1.807) is 0 Å². The van der Waals surface area contributed by atoms with Crippen molar-refractivity contribution in [3.8, 4) is 0 Å². The quantitative estimate of drug-likeness (QED) is 0.271. The Morgan fingerprint density at radius 2 is 2.17 bits per heavy atom. The molecule has 4 nitrogen and oxygen atoms in total. The maximum atomic E-state index is 10.1. The van der Waals surface area contributed by atoms with E-state index in [0.29, 0.717) is 0 Å². The molecule has 1 atom stereocenters.